The van der Waals surface area contributed by atoms with Crippen LogP contribution in [0.4, 0.5) is 4.39 Å². The van der Waals surface area contributed by atoms with Gasteiger partial charge in [0, 0.05) is 12.1 Å². The number of rotatable bonds is 5. The van der Waals surface area contributed by atoms with Gasteiger partial charge in [0.25, 0.3) is 0 Å². The summed E-state index contributed by atoms with van der Waals surface area (Å²) in [6, 6.07) is 13.9. The third-order valence-corrected chi connectivity index (χ3v) is 3.45. The average Bonchev–Trinajstić information content (AvgIpc) is 2.50. The maximum atomic E-state index is 13.6. The van der Waals surface area contributed by atoms with E-state index in [0.717, 1.165) is 5.56 Å². The maximum absolute atomic E-state index is 13.6. The minimum Gasteiger partial charge on any atom is -0.351 e. The van der Waals surface area contributed by atoms with Gasteiger partial charge in [0.2, 0.25) is 5.91 Å². The van der Waals surface area contributed by atoms with Crippen LogP contribution in [0.5, 0.6) is 0 Å². The van der Waals surface area contributed by atoms with Crippen LogP contribution in [-0.2, 0) is 11.3 Å². The van der Waals surface area contributed by atoms with Gasteiger partial charge in [-0.2, -0.15) is 0 Å². The van der Waals surface area contributed by atoms with Crippen molar-refractivity contribution in [1.82, 2.24) is 5.32 Å². The molecule has 0 heterocycles. The zero-order valence-electron chi connectivity index (χ0n) is 12.0. The first-order valence-electron chi connectivity index (χ1n) is 6.98. The number of benzene rings is 2. The normalized spacial score (nSPS) is 11.9. The van der Waals surface area contributed by atoms with Gasteiger partial charge in [-0.25, -0.2) is 4.39 Å². The molecule has 0 fully saturated rings. The van der Waals surface area contributed by atoms with Crippen molar-refractivity contribution >= 4 is 19.2 Å². The number of nitrogens with one attached hydrogen (secondary N) is 1. The number of halogens is 1. The molecule has 2 rings (SSSR count). The van der Waals surface area contributed by atoms with E-state index in [1.54, 1.807) is 6.07 Å². The van der Waals surface area contributed by atoms with E-state index in [1.807, 2.05) is 37.3 Å². The van der Waals surface area contributed by atoms with E-state index in [0.29, 0.717) is 17.4 Å². The van der Waals surface area contributed by atoms with Crippen LogP contribution in [-0.4, -0.2) is 13.8 Å². The second kappa shape index (κ2) is 7.07. The molecule has 2 radical (unpaired) electrons. The molecule has 0 aliphatic heterocycles. The zero-order chi connectivity index (χ0) is 15.2. The number of carbonyl (C=O) groups excluding carboxylic acids is 1. The van der Waals surface area contributed by atoms with Crippen molar-refractivity contribution in [3.05, 3.63) is 65.5 Å². The van der Waals surface area contributed by atoms with Crippen molar-refractivity contribution in [1.29, 1.82) is 0 Å². The molecule has 0 bridgehead atoms. The van der Waals surface area contributed by atoms with Crippen molar-refractivity contribution in [3.63, 3.8) is 0 Å². The Morgan fingerprint density at radius 2 is 1.95 bits per heavy atom. The Morgan fingerprint density at radius 3 is 2.62 bits per heavy atom. The highest BCUT2D eigenvalue weighted by atomic mass is 19.1. The van der Waals surface area contributed by atoms with Crippen LogP contribution in [0.25, 0.3) is 0 Å². The zero-order valence-corrected chi connectivity index (χ0v) is 12.0. The Balaban J connectivity index is 2.05. The van der Waals surface area contributed by atoms with Gasteiger partial charge in [-0.3, -0.25) is 4.79 Å². The molecule has 0 saturated heterocycles. The molecular weight excluding hydrogens is 264 g/mol. The first-order chi connectivity index (χ1) is 10.1. The summed E-state index contributed by atoms with van der Waals surface area (Å²) in [4.78, 5) is 12.3. The predicted molar refractivity (Wildman–Crippen MR) is 83.1 cm³/mol. The second-order valence-electron chi connectivity index (χ2n) is 4.94. The standard InChI is InChI=1S/C17H17BFNO/c1-2-15(12-6-4-3-5-7-12)17(21)20-11-13-10-14(18)8-9-16(13)19/h3-10,15H,2,11H2,1H3,(H,20,21). The quantitative estimate of drug-likeness (QED) is 0.838. The van der Waals surface area contributed by atoms with Crippen LogP contribution in [0.2, 0.25) is 0 Å². The molecular formula is C17H17BFNO. The first-order valence-corrected chi connectivity index (χ1v) is 6.98. The molecule has 4 heteroatoms. The van der Waals surface area contributed by atoms with E-state index in [-0.39, 0.29) is 24.2 Å². The Kier molecular flexibility index (Phi) is 5.15. The molecule has 2 nitrogen and oxygen atoms in total. The molecule has 1 amide bonds. The average molecular weight is 281 g/mol. The molecule has 0 saturated carbocycles. The number of amides is 1. The molecule has 106 valence electrons. The summed E-state index contributed by atoms with van der Waals surface area (Å²) < 4.78 is 13.6. The monoisotopic (exact) mass is 281 g/mol. The Hall–Kier alpha value is -2.10. The van der Waals surface area contributed by atoms with Crippen LogP contribution >= 0.6 is 0 Å². The van der Waals surface area contributed by atoms with Gasteiger partial charge in [0.15, 0.2) is 0 Å². The third kappa shape index (κ3) is 3.94. The molecule has 0 aliphatic carbocycles. The molecule has 0 aromatic heterocycles. The van der Waals surface area contributed by atoms with E-state index in [1.165, 1.54) is 12.1 Å². The minimum atomic E-state index is -0.364. The van der Waals surface area contributed by atoms with Crippen molar-refractivity contribution in [2.75, 3.05) is 0 Å². The van der Waals surface area contributed by atoms with E-state index >= 15 is 0 Å². The van der Waals surface area contributed by atoms with Crippen molar-refractivity contribution in [2.24, 2.45) is 0 Å². The SMILES string of the molecule is [B]c1ccc(F)c(CNC(=O)C(CC)c2ccccc2)c1. The molecule has 1 atom stereocenters. The van der Waals surface area contributed by atoms with Gasteiger partial charge >= 0.3 is 0 Å². The summed E-state index contributed by atoms with van der Waals surface area (Å²) in [5.74, 6) is -0.696. The molecule has 0 spiro atoms. The van der Waals surface area contributed by atoms with E-state index in [9.17, 15) is 9.18 Å². The fourth-order valence-electron chi connectivity index (χ4n) is 2.29. The topological polar surface area (TPSA) is 29.1 Å². The third-order valence-electron chi connectivity index (χ3n) is 3.45. The summed E-state index contributed by atoms with van der Waals surface area (Å²) in [7, 11) is 5.63. The van der Waals surface area contributed by atoms with Crippen molar-refractivity contribution < 1.29 is 9.18 Å². The molecule has 2 aromatic carbocycles. The van der Waals surface area contributed by atoms with E-state index in [4.69, 9.17) is 7.85 Å². The Labute approximate surface area is 125 Å². The van der Waals surface area contributed by atoms with Crippen LogP contribution < -0.4 is 10.8 Å². The summed E-state index contributed by atoms with van der Waals surface area (Å²) in [5, 5.41) is 2.78. The van der Waals surface area contributed by atoms with Crippen LogP contribution in [0.1, 0.15) is 30.4 Å². The fourth-order valence-corrected chi connectivity index (χ4v) is 2.29. The lowest BCUT2D eigenvalue weighted by Gasteiger charge is -2.16. The van der Waals surface area contributed by atoms with Crippen LogP contribution in [0.15, 0.2) is 48.5 Å². The van der Waals surface area contributed by atoms with Crippen LogP contribution in [0.3, 0.4) is 0 Å². The fraction of sp³-hybridized carbons (Fsp3) is 0.235. The number of hydrogen-bond donors (Lipinski definition) is 1. The molecule has 21 heavy (non-hydrogen) atoms. The van der Waals surface area contributed by atoms with Gasteiger partial charge < -0.3 is 5.32 Å². The Bertz CT molecular complexity index is 615. The van der Waals surface area contributed by atoms with Gasteiger partial charge in [-0.05, 0) is 18.1 Å². The lowest BCUT2D eigenvalue weighted by molar-refractivity contribution is -0.122. The predicted octanol–water partition coefficient (Wildman–Crippen LogP) is 2.43. The van der Waals surface area contributed by atoms with Gasteiger partial charge in [0.1, 0.15) is 13.7 Å². The van der Waals surface area contributed by atoms with Crippen molar-refractivity contribution in [2.45, 2.75) is 25.8 Å². The number of hydrogen-bond acceptors (Lipinski definition) is 1. The highest BCUT2D eigenvalue weighted by Crippen LogP contribution is 2.19. The van der Waals surface area contributed by atoms with E-state index < -0.39 is 0 Å². The molecule has 0 aliphatic rings. The maximum Gasteiger partial charge on any atom is 0.227 e. The Morgan fingerprint density at radius 1 is 1.24 bits per heavy atom. The van der Waals surface area contributed by atoms with Crippen LogP contribution in [0, 0.1) is 5.82 Å². The molecule has 1 N–H and O–H groups in total. The van der Waals surface area contributed by atoms with Gasteiger partial charge in [-0.15, -0.1) is 0 Å². The summed E-state index contributed by atoms with van der Waals surface area (Å²) in [5.41, 5.74) is 1.84. The largest absolute Gasteiger partial charge is 0.351 e. The summed E-state index contributed by atoms with van der Waals surface area (Å²) in [6.07, 6.45) is 0.690. The first kappa shape index (κ1) is 15.3. The second-order valence-corrected chi connectivity index (χ2v) is 4.94. The summed E-state index contributed by atoms with van der Waals surface area (Å²) in [6.45, 7) is 2.09. The highest BCUT2D eigenvalue weighted by Gasteiger charge is 2.18. The molecule has 2 aromatic rings. The molecule has 1 unspecified atom stereocenters. The van der Waals surface area contributed by atoms with Crippen molar-refractivity contribution in [3.8, 4) is 0 Å². The number of carbonyl (C=O) groups is 1. The smallest absolute Gasteiger partial charge is 0.227 e. The van der Waals surface area contributed by atoms with Gasteiger partial charge in [-0.1, -0.05) is 54.9 Å². The lowest BCUT2D eigenvalue weighted by Crippen LogP contribution is -2.29. The van der Waals surface area contributed by atoms with E-state index in [2.05, 4.69) is 5.32 Å². The van der Waals surface area contributed by atoms with Gasteiger partial charge in [0.05, 0.1) is 5.92 Å². The highest BCUT2D eigenvalue weighted by molar-refractivity contribution is 6.32. The minimum absolute atomic E-state index is 0.106. The summed E-state index contributed by atoms with van der Waals surface area (Å²) >= 11 is 0. The lowest BCUT2D eigenvalue weighted by atomic mass is 9.93.